The van der Waals surface area contributed by atoms with Crippen LogP contribution in [0.4, 0.5) is 0 Å². The Bertz CT molecular complexity index is 433. The zero-order valence-corrected chi connectivity index (χ0v) is 10.3. The topological polar surface area (TPSA) is 66.8 Å². The van der Waals surface area contributed by atoms with E-state index in [9.17, 15) is 14.7 Å². The van der Waals surface area contributed by atoms with Gasteiger partial charge in [0, 0.05) is 6.54 Å². The van der Waals surface area contributed by atoms with Gasteiger partial charge < -0.3 is 14.7 Å². The van der Waals surface area contributed by atoms with Crippen LogP contribution in [0.15, 0.2) is 12.2 Å². The van der Waals surface area contributed by atoms with Crippen molar-refractivity contribution in [3.05, 3.63) is 12.2 Å². The molecule has 0 radical (unpaired) electrons. The summed E-state index contributed by atoms with van der Waals surface area (Å²) in [5, 5.41) is 9.27. The number of carbonyl (C=O) groups excluding carboxylic acids is 1. The van der Waals surface area contributed by atoms with Gasteiger partial charge in [0.25, 0.3) is 0 Å². The molecule has 0 saturated carbocycles. The summed E-state index contributed by atoms with van der Waals surface area (Å²) < 4.78 is 5.78. The van der Waals surface area contributed by atoms with Crippen LogP contribution in [0, 0.1) is 11.8 Å². The number of rotatable bonds is 4. The fourth-order valence-corrected chi connectivity index (χ4v) is 3.40. The summed E-state index contributed by atoms with van der Waals surface area (Å²) in [5.74, 6) is -2.22. The van der Waals surface area contributed by atoms with E-state index in [4.69, 9.17) is 4.74 Å². The molecule has 3 heterocycles. The van der Waals surface area contributed by atoms with Gasteiger partial charge in [0.15, 0.2) is 0 Å². The molecular weight excluding hydrogens is 234 g/mol. The van der Waals surface area contributed by atoms with Crippen molar-refractivity contribution in [1.29, 1.82) is 0 Å². The molecule has 0 aromatic carbocycles. The zero-order chi connectivity index (χ0) is 12.9. The van der Waals surface area contributed by atoms with Gasteiger partial charge in [0.05, 0.1) is 18.6 Å². The van der Waals surface area contributed by atoms with E-state index in [0.29, 0.717) is 13.1 Å². The van der Waals surface area contributed by atoms with Gasteiger partial charge in [-0.2, -0.15) is 0 Å². The summed E-state index contributed by atoms with van der Waals surface area (Å²) in [6, 6.07) is 0. The Labute approximate surface area is 105 Å². The fourth-order valence-electron chi connectivity index (χ4n) is 3.40. The number of carboxylic acids is 1. The van der Waals surface area contributed by atoms with Crippen molar-refractivity contribution in [3.63, 3.8) is 0 Å². The minimum atomic E-state index is -0.929. The maximum atomic E-state index is 12.3. The van der Waals surface area contributed by atoms with Crippen LogP contribution in [0.2, 0.25) is 0 Å². The van der Waals surface area contributed by atoms with E-state index < -0.39 is 29.5 Å². The minimum Gasteiger partial charge on any atom is -0.481 e. The molecule has 2 bridgehead atoms. The van der Waals surface area contributed by atoms with Gasteiger partial charge in [-0.3, -0.25) is 9.59 Å². The Kier molecular flexibility index (Phi) is 2.48. The van der Waals surface area contributed by atoms with Crippen molar-refractivity contribution >= 4 is 11.9 Å². The lowest BCUT2D eigenvalue weighted by Gasteiger charge is -2.21. The van der Waals surface area contributed by atoms with Crippen LogP contribution in [-0.2, 0) is 14.3 Å². The number of likely N-dealkylation sites (tertiary alicyclic amines) is 1. The third-order valence-electron chi connectivity index (χ3n) is 4.25. The van der Waals surface area contributed by atoms with Crippen molar-refractivity contribution in [2.75, 3.05) is 13.1 Å². The maximum absolute atomic E-state index is 12.3. The molecule has 4 atom stereocenters. The number of nitrogens with zero attached hydrogens (tertiary/aromatic N) is 1. The van der Waals surface area contributed by atoms with Crippen molar-refractivity contribution in [1.82, 2.24) is 4.90 Å². The SMILES string of the molecule is CCCCN1CC23C=CC(O2)C(C(=O)O)C3C1=O. The molecule has 98 valence electrons. The fraction of sp³-hybridized carbons (Fsp3) is 0.692. The molecule has 5 heteroatoms. The first-order valence-electron chi connectivity index (χ1n) is 6.48. The average Bonchev–Trinajstić information content (AvgIpc) is 2.95. The summed E-state index contributed by atoms with van der Waals surface area (Å²) in [4.78, 5) is 25.4. The number of amides is 1. The molecule has 0 aromatic rings. The molecule has 1 N–H and O–H groups in total. The molecule has 2 fully saturated rings. The summed E-state index contributed by atoms with van der Waals surface area (Å²) >= 11 is 0. The van der Waals surface area contributed by atoms with E-state index in [-0.39, 0.29) is 5.91 Å². The van der Waals surface area contributed by atoms with Gasteiger partial charge >= 0.3 is 5.97 Å². The first kappa shape index (κ1) is 11.7. The molecule has 18 heavy (non-hydrogen) atoms. The normalized spacial score (nSPS) is 40.6. The predicted molar refractivity (Wildman–Crippen MR) is 62.8 cm³/mol. The molecule has 2 saturated heterocycles. The van der Waals surface area contributed by atoms with E-state index in [1.807, 2.05) is 6.08 Å². The highest BCUT2D eigenvalue weighted by Gasteiger charge is 2.66. The number of unbranched alkanes of at least 4 members (excludes halogenated alkanes) is 1. The largest absolute Gasteiger partial charge is 0.481 e. The van der Waals surface area contributed by atoms with Crippen molar-refractivity contribution in [2.45, 2.75) is 31.5 Å². The lowest BCUT2D eigenvalue weighted by Crippen LogP contribution is -2.39. The van der Waals surface area contributed by atoms with E-state index in [1.165, 1.54) is 0 Å². The monoisotopic (exact) mass is 251 g/mol. The lowest BCUT2D eigenvalue weighted by molar-refractivity contribution is -0.148. The van der Waals surface area contributed by atoms with E-state index in [1.54, 1.807) is 11.0 Å². The van der Waals surface area contributed by atoms with Gasteiger partial charge in [-0.15, -0.1) is 0 Å². The number of hydrogen-bond acceptors (Lipinski definition) is 3. The summed E-state index contributed by atoms with van der Waals surface area (Å²) in [6.45, 7) is 3.27. The highest BCUT2D eigenvalue weighted by molar-refractivity contribution is 5.90. The van der Waals surface area contributed by atoms with Gasteiger partial charge in [-0.25, -0.2) is 0 Å². The van der Waals surface area contributed by atoms with Crippen LogP contribution in [0.1, 0.15) is 19.8 Å². The number of aliphatic carboxylic acids is 1. The highest BCUT2D eigenvalue weighted by atomic mass is 16.5. The van der Waals surface area contributed by atoms with Crippen LogP contribution in [0.25, 0.3) is 0 Å². The second-order valence-electron chi connectivity index (χ2n) is 5.35. The first-order chi connectivity index (χ1) is 8.59. The number of carboxylic acid groups (broad SMARTS) is 1. The summed E-state index contributed by atoms with van der Waals surface area (Å²) in [6.07, 6.45) is 5.23. The Morgan fingerprint density at radius 2 is 2.44 bits per heavy atom. The second kappa shape index (κ2) is 3.82. The van der Waals surface area contributed by atoms with Gasteiger partial charge in [-0.1, -0.05) is 25.5 Å². The molecular formula is C13H17NO4. The van der Waals surface area contributed by atoms with E-state index >= 15 is 0 Å². The van der Waals surface area contributed by atoms with E-state index in [0.717, 1.165) is 12.8 Å². The maximum Gasteiger partial charge on any atom is 0.310 e. The minimum absolute atomic E-state index is 0.0531. The molecule has 1 amide bonds. The Hall–Kier alpha value is -1.36. The Balaban J connectivity index is 1.87. The molecule has 3 aliphatic heterocycles. The molecule has 1 spiro atoms. The van der Waals surface area contributed by atoms with Crippen LogP contribution < -0.4 is 0 Å². The molecule has 3 rings (SSSR count). The zero-order valence-electron chi connectivity index (χ0n) is 10.3. The van der Waals surface area contributed by atoms with Crippen LogP contribution in [0.3, 0.4) is 0 Å². The number of hydrogen-bond donors (Lipinski definition) is 1. The molecule has 5 nitrogen and oxygen atoms in total. The van der Waals surface area contributed by atoms with Crippen LogP contribution in [0.5, 0.6) is 0 Å². The standard InChI is InChI=1S/C13H17NO4/c1-2-3-6-14-7-13-5-4-8(18-13)9(12(16)17)10(13)11(14)15/h4-5,8-10H,2-3,6-7H2,1H3,(H,16,17). The molecule has 3 aliphatic rings. The predicted octanol–water partition coefficient (Wildman–Crippen LogP) is 0.653. The molecule has 4 unspecified atom stereocenters. The molecule has 0 aliphatic carbocycles. The van der Waals surface area contributed by atoms with E-state index in [2.05, 4.69) is 6.92 Å². The summed E-state index contributed by atoms with van der Waals surface area (Å²) in [7, 11) is 0. The van der Waals surface area contributed by atoms with Crippen molar-refractivity contribution in [2.24, 2.45) is 11.8 Å². The quantitative estimate of drug-likeness (QED) is 0.745. The lowest BCUT2D eigenvalue weighted by atomic mass is 9.77. The highest BCUT2D eigenvalue weighted by Crippen LogP contribution is 2.51. The third-order valence-corrected chi connectivity index (χ3v) is 4.25. The number of ether oxygens (including phenoxy) is 1. The van der Waals surface area contributed by atoms with Crippen molar-refractivity contribution < 1.29 is 19.4 Å². The summed E-state index contributed by atoms with van der Waals surface area (Å²) in [5.41, 5.74) is -0.668. The van der Waals surface area contributed by atoms with Crippen LogP contribution >= 0.6 is 0 Å². The molecule has 0 aromatic heterocycles. The second-order valence-corrected chi connectivity index (χ2v) is 5.35. The van der Waals surface area contributed by atoms with Gasteiger partial charge in [-0.05, 0) is 6.42 Å². The number of carbonyl (C=O) groups is 2. The third kappa shape index (κ3) is 1.37. The number of fused-ring (bicyclic) bond motifs is 1. The smallest absolute Gasteiger partial charge is 0.310 e. The van der Waals surface area contributed by atoms with Crippen molar-refractivity contribution in [3.8, 4) is 0 Å². The van der Waals surface area contributed by atoms with Gasteiger partial charge in [0.2, 0.25) is 5.91 Å². The average molecular weight is 251 g/mol. The Morgan fingerprint density at radius 3 is 3.11 bits per heavy atom. The Morgan fingerprint density at radius 1 is 1.67 bits per heavy atom. The van der Waals surface area contributed by atoms with Crippen LogP contribution in [-0.4, -0.2) is 46.7 Å². The first-order valence-corrected chi connectivity index (χ1v) is 6.48. The van der Waals surface area contributed by atoms with Gasteiger partial charge in [0.1, 0.15) is 11.5 Å².